The molecule has 1 aliphatic heterocycles. The van der Waals surface area contributed by atoms with Gasteiger partial charge in [-0.3, -0.25) is 0 Å². The molecule has 1 aromatic rings. The van der Waals surface area contributed by atoms with E-state index in [1.807, 2.05) is 0 Å². The van der Waals surface area contributed by atoms with Crippen LogP contribution in [0.5, 0.6) is 0 Å². The van der Waals surface area contributed by atoms with E-state index >= 15 is 0 Å². The lowest BCUT2D eigenvalue weighted by molar-refractivity contribution is -1.03. The van der Waals surface area contributed by atoms with Gasteiger partial charge in [-0.2, -0.15) is 0 Å². The Morgan fingerprint density at radius 3 is 2.14 bits per heavy atom. The molecule has 0 amide bonds. The lowest BCUT2D eigenvalue weighted by Gasteiger charge is -2.44. The molecule has 2 rings (SSSR count). The van der Waals surface area contributed by atoms with Crippen LogP contribution in [0.1, 0.15) is 49.4 Å². The van der Waals surface area contributed by atoms with Crippen molar-refractivity contribution in [1.82, 2.24) is 5.01 Å². The first-order chi connectivity index (χ1) is 9.87. The van der Waals surface area contributed by atoms with Crippen molar-refractivity contribution in [1.29, 1.82) is 0 Å². The summed E-state index contributed by atoms with van der Waals surface area (Å²) in [4.78, 5) is 0. The molecular formula is C19H31N2+. The van der Waals surface area contributed by atoms with Crippen molar-refractivity contribution in [3.05, 3.63) is 40.5 Å². The van der Waals surface area contributed by atoms with Gasteiger partial charge in [0.05, 0.1) is 19.3 Å². The van der Waals surface area contributed by atoms with Crippen LogP contribution in [0.2, 0.25) is 0 Å². The van der Waals surface area contributed by atoms with Crippen LogP contribution in [0.3, 0.4) is 0 Å². The number of quaternary nitrogens is 1. The number of hydrogen-bond acceptors (Lipinski definition) is 1. The molecule has 0 spiro atoms. The van der Waals surface area contributed by atoms with E-state index in [0.29, 0.717) is 6.04 Å². The summed E-state index contributed by atoms with van der Waals surface area (Å²) in [6.45, 7) is 16.0. The summed E-state index contributed by atoms with van der Waals surface area (Å²) < 4.78 is 1.05. The molecule has 2 nitrogen and oxygen atoms in total. The molecule has 21 heavy (non-hydrogen) atoms. The van der Waals surface area contributed by atoms with Crippen LogP contribution in [0.25, 0.3) is 5.70 Å². The van der Waals surface area contributed by atoms with Gasteiger partial charge in [0.1, 0.15) is 12.6 Å². The van der Waals surface area contributed by atoms with E-state index in [4.69, 9.17) is 0 Å². The standard InChI is InChI=1S/C19H31N2/c1-8-10-21(9-2)17(6)13-18(20(21)7)19-15(4)11-14(3)12-16(19)5/h11-13,17H,8-10H2,1-7H3/q+1. The molecule has 0 saturated carbocycles. The second-order valence-corrected chi connectivity index (χ2v) is 6.62. The minimum absolute atomic E-state index is 0.551. The molecule has 0 aromatic heterocycles. The Kier molecular flexibility index (Phi) is 4.48. The zero-order chi connectivity index (χ0) is 15.8. The summed E-state index contributed by atoms with van der Waals surface area (Å²) in [5.74, 6) is 0. The van der Waals surface area contributed by atoms with Gasteiger partial charge in [-0.05, 0) is 52.2 Å². The minimum atomic E-state index is 0.551. The topological polar surface area (TPSA) is 3.24 Å². The largest absolute Gasteiger partial charge is 0.226 e. The van der Waals surface area contributed by atoms with E-state index < -0.39 is 0 Å². The molecule has 2 heteroatoms. The SMILES string of the molecule is CCC[N+]1(CC)C(C)C=C(c2c(C)cc(C)cc2C)N1C. The van der Waals surface area contributed by atoms with Crippen molar-refractivity contribution in [2.24, 2.45) is 0 Å². The molecule has 0 bridgehead atoms. The summed E-state index contributed by atoms with van der Waals surface area (Å²) >= 11 is 0. The molecule has 1 aromatic carbocycles. The Morgan fingerprint density at radius 1 is 1.10 bits per heavy atom. The molecule has 1 heterocycles. The fraction of sp³-hybridized carbons (Fsp3) is 0.579. The van der Waals surface area contributed by atoms with Crippen molar-refractivity contribution >= 4 is 5.70 Å². The maximum Gasteiger partial charge on any atom is 0.130 e. The van der Waals surface area contributed by atoms with E-state index in [9.17, 15) is 0 Å². The molecule has 0 saturated heterocycles. The second-order valence-electron chi connectivity index (χ2n) is 6.62. The molecule has 116 valence electrons. The Bertz CT molecular complexity index is 536. The van der Waals surface area contributed by atoms with Crippen molar-refractivity contribution < 1.29 is 4.59 Å². The number of rotatable bonds is 4. The maximum atomic E-state index is 2.51. The van der Waals surface area contributed by atoms with Crippen molar-refractivity contribution in [2.75, 3.05) is 20.1 Å². The molecule has 2 atom stereocenters. The first-order valence-electron chi connectivity index (χ1n) is 8.28. The van der Waals surface area contributed by atoms with E-state index in [1.54, 1.807) is 0 Å². The van der Waals surface area contributed by atoms with Crippen LogP contribution >= 0.6 is 0 Å². The van der Waals surface area contributed by atoms with Crippen molar-refractivity contribution in [3.8, 4) is 0 Å². The zero-order valence-corrected chi connectivity index (χ0v) is 14.8. The maximum absolute atomic E-state index is 2.51. The molecule has 0 N–H and O–H groups in total. The third-order valence-electron chi connectivity index (χ3n) is 5.19. The fourth-order valence-electron chi connectivity index (χ4n) is 4.19. The van der Waals surface area contributed by atoms with Gasteiger partial charge in [0, 0.05) is 11.6 Å². The van der Waals surface area contributed by atoms with E-state index in [-0.39, 0.29) is 0 Å². The van der Waals surface area contributed by atoms with Gasteiger partial charge < -0.3 is 0 Å². The highest BCUT2D eigenvalue weighted by Gasteiger charge is 2.43. The van der Waals surface area contributed by atoms with Crippen LogP contribution in [0, 0.1) is 20.8 Å². The van der Waals surface area contributed by atoms with Crippen LogP contribution < -0.4 is 0 Å². The molecule has 2 unspecified atom stereocenters. The lowest BCUT2D eigenvalue weighted by Crippen LogP contribution is -2.58. The number of likely N-dealkylation sites (N-methyl/N-ethyl adjacent to an activating group) is 1. The van der Waals surface area contributed by atoms with Gasteiger partial charge >= 0.3 is 0 Å². The molecule has 0 radical (unpaired) electrons. The fourth-order valence-corrected chi connectivity index (χ4v) is 4.19. The summed E-state index contributed by atoms with van der Waals surface area (Å²) in [5, 5.41) is 2.51. The van der Waals surface area contributed by atoms with Gasteiger partial charge in [-0.25, -0.2) is 9.60 Å². The second kappa shape index (κ2) is 5.84. The quantitative estimate of drug-likeness (QED) is 0.740. The van der Waals surface area contributed by atoms with Crippen LogP contribution in [0.15, 0.2) is 18.2 Å². The highest BCUT2D eigenvalue weighted by molar-refractivity contribution is 5.70. The van der Waals surface area contributed by atoms with E-state index in [0.717, 1.165) is 11.1 Å². The van der Waals surface area contributed by atoms with E-state index in [1.165, 1.54) is 40.9 Å². The lowest BCUT2D eigenvalue weighted by atomic mass is 9.97. The predicted molar refractivity (Wildman–Crippen MR) is 91.8 cm³/mol. The number of aryl methyl sites for hydroxylation is 3. The van der Waals surface area contributed by atoms with Gasteiger partial charge in [0.25, 0.3) is 0 Å². The Labute approximate surface area is 130 Å². The average molecular weight is 287 g/mol. The van der Waals surface area contributed by atoms with Crippen LogP contribution in [0.4, 0.5) is 0 Å². The summed E-state index contributed by atoms with van der Waals surface area (Å²) in [6, 6.07) is 5.16. The summed E-state index contributed by atoms with van der Waals surface area (Å²) in [5.41, 5.74) is 6.98. The normalized spacial score (nSPS) is 25.4. The Morgan fingerprint density at radius 2 is 1.67 bits per heavy atom. The van der Waals surface area contributed by atoms with E-state index in [2.05, 4.69) is 71.8 Å². The number of benzene rings is 1. The third-order valence-corrected chi connectivity index (χ3v) is 5.19. The smallest absolute Gasteiger partial charge is 0.130 e. The monoisotopic (exact) mass is 287 g/mol. The Hall–Kier alpha value is -1.28. The third kappa shape index (κ3) is 2.50. The summed E-state index contributed by atoms with van der Waals surface area (Å²) in [7, 11) is 2.27. The highest BCUT2D eigenvalue weighted by atomic mass is 15.8. The predicted octanol–water partition coefficient (Wildman–Crippen LogP) is 4.45. The molecule has 1 aliphatic rings. The van der Waals surface area contributed by atoms with Gasteiger partial charge in [-0.15, -0.1) is 0 Å². The molecule has 0 aliphatic carbocycles. The number of nitrogens with zero attached hydrogens (tertiary/aromatic N) is 2. The van der Waals surface area contributed by atoms with Gasteiger partial charge in [0.15, 0.2) is 0 Å². The first-order valence-corrected chi connectivity index (χ1v) is 8.28. The van der Waals surface area contributed by atoms with Gasteiger partial charge in [0.2, 0.25) is 0 Å². The van der Waals surface area contributed by atoms with Crippen molar-refractivity contribution in [2.45, 2.75) is 54.0 Å². The average Bonchev–Trinajstić information content (AvgIpc) is 2.63. The molecular weight excluding hydrogens is 256 g/mol. The highest BCUT2D eigenvalue weighted by Crippen LogP contribution is 2.38. The van der Waals surface area contributed by atoms with Crippen molar-refractivity contribution in [3.63, 3.8) is 0 Å². The van der Waals surface area contributed by atoms with Crippen LogP contribution in [-0.2, 0) is 0 Å². The van der Waals surface area contributed by atoms with Gasteiger partial charge in [-0.1, -0.05) is 24.6 Å². The first kappa shape index (κ1) is 16.1. The molecule has 0 fully saturated rings. The van der Waals surface area contributed by atoms with Crippen LogP contribution in [-0.4, -0.2) is 35.8 Å². The zero-order valence-electron chi connectivity index (χ0n) is 14.8. The number of hydrogen-bond donors (Lipinski definition) is 0. The minimum Gasteiger partial charge on any atom is -0.226 e. The Balaban J connectivity index is 2.50. The summed E-state index contributed by atoms with van der Waals surface area (Å²) in [6.07, 6.45) is 3.69.